The van der Waals surface area contributed by atoms with Crippen molar-refractivity contribution in [3.05, 3.63) is 29.3 Å². The number of rotatable bonds is 5. The average molecular weight is 372 g/mol. The van der Waals surface area contributed by atoms with Crippen LogP contribution in [0.4, 0.5) is 5.69 Å². The smallest absolute Gasteiger partial charge is 0.249 e. The van der Waals surface area contributed by atoms with Crippen molar-refractivity contribution in [1.29, 1.82) is 0 Å². The van der Waals surface area contributed by atoms with Crippen LogP contribution < -0.4 is 15.5 Å². The molecule has 0 aromatic heterocycles. The van der Waals surface area contributed by atoms with Crippen molar-refractivity contribution in [2.45, 2.75) is 31.7 Å². The van der Waals surface area contributed by atoms with Crippen LogP contribution in [0, 0.1) is 5.92 Å². The van der Waals surface area contributed by atoms with Crippen LogP contribution in [0.15, 0.2) is 24.3 Å². The number of hydrogen-bond donors (Lipinski definition) is 2. The van der Waals surface area contributed by atoms with Crippen molar-refractivity contribution >= 4 is 41.5 Å². The molecular formula is C17H23Cl2N3O2. The molecule has 0 radical (unpaired) electrons. The Labute approximate surface area is 153 Å². The second-order valence-corrected chi connectivity index (χ2v) is 6.71. The van der Waals surface area contributed by atoms with E-state index in [9.17, 15) is 9.59 Å². The number of nitrogens with one attached hydrogen (secondary N) is 2. The largest absolute Gasteiger partial charge is 0.344 e. The normalized spacial score (nSPS) is 23.2. The van der Waals surface area contributed by atoms with Crippen molar-refractivity contribution in [2.24, 2.45) is 5.92 Å². The highest BCUT2D eigenvalue weighted by molar-refractivity contribution is 6.31. The van der Waals surface area contributed by atoms with E-state index in [1.165, 1.54) is 0 Å². The summed E-state index contributed by atoms with van der Waals surface area (Å²) < 4.78 is 0. The molecule has 0 spiro atoms. The van der Waals surface area contributed by atoms with E-state index in [0.717, 1.165) is 31.6 Å². The number of amides is 2. The summed E-state index contributed by atoms with van der Waals surface area (Å²) in [4.78, 5) is 26.2. The summed E-state index contributed by atoms with van der Waals surface area (Å²) in [6, 6.07) is 6.83. The third-order valence-corrected chi connectivity index (χ3v) is 4.84. The first-order chi connectivity index (χ1) is 11.1. The fraction of sp³-hybridized carbons (Fsp3) is 0.529. The Morgan fingerprint density at radius 3 is 2.92 bits per heavy atom. The van der Waals surface area contributed by atoms with Crippen molar-refractivity contribution in [2.75, 3.05) is 24.5 Å². The SMILES string of the molecule is Cl.O=C(CCC1CCNC1)NC1CCN(c2cccc(Cl)c2)C1=O. The summed E-state index contributed by atoms with van der Waals surface area (Å²) in [6.07, 6.45) is 3.16. The van der Waals surface area contributed by atoms with Gasteiger partial charge < -0.3 is 15.5 Å². The van der Waals surface area contributed by atoms with Crippen LogP contribution in [-0.4, -0.2) is 37.5 Å². The second kappa shape index (κ2) is 8.70. The van der Waals surface area contributed by atoms with Crippen LogP contribution >= 0.6 is 24.0 Å². The fourth-order valence-electron chi connectivity index (χ4n) is 3.28. The first-order valence-electron chi connectivity index (χ1n) is 8.20. The van der Waals surface area contributed by atoms with Crippen LogP contribution in [0.1, 0.15) is 25.7 Å². The molecule has 7 heteroatoms. The maximum Gasteiger partial charge on any atom is 0.249 e. The van der Waals surface area contributed by atoms with E-state index >= 15 is 0 Å². The molecule has 5 nitrogen and oxygen atoms in total. The predicted molar refractivity (Wildman–Crippen MR) is 97.8 cm³/mol. The maximum atomic E-state index is 12.5. The van der Waals surface area contributed by atoms with Gasteiger partial charge in [0.1, 0.15) is 6.04 Å². The lowest BCUT2D eigenvalue weighted by atomic mass is 10.0. The molecule has 2 aliphatic heterocycles. The fourth-order valence-corrected chi connectivity index (χ4v) is 3.46. The highest BCUT2D eigenvalue weighted by atomic mass is 35.5. The molecule has 0 aliphatic carbocycles. The van der Waals surface area contributed by atoms with Gasteiger partial charge in [0.15, 0.2) is 0 Å². The Hall–Kier alpha value is -1.30. The molecule has 2 amide bonds. The number of carbonyl (C=O) groups is 2. The molecule has 2 heterocycles. The number of carbonyl (C=O) groups excluding carboxylic acids is 2. The van der Waals surface area contributed by atoms with Gasteiger partial charge in [0.05, 0.1) is 0 Å². The highest BCUT2D eigenvalue weighted by Crippen LogP contribution is 2.24. The van der Waals surface area contributed by atoms with Crippen LogP contribution in [0.5, 0.6) is 0 Å². The van der Waals surface area contributed by atoms with E-state index in [4.69, 9.17) is 11.6 Å². The molecule has 3 rings (SSSR count). The molecule has 2 atom stereocenters. The molecule has 1 aromatic rings. The van der Waals surface area contributed by atoms with Crippen molar-refractivity contribution in [3.8, 4) is 0 Å². The minimum Gasteiger partial charge on any atom is -0.344 e. The van der Waals surface area contributed by atoms with Crippen LogP contribution in [-0.2, 0) is 9.59 Å². The van der Waals surface area contributed by atoms with Crippen LogP contribution in [0.25, 0.3) is 0 Å². The minimum atomic E-state index is -0.414. The molecule has 2 saturated heterocycles. The number of anilines is 1. The minimum absolute atomic E-state index is 0. The third kappa shape index (κ3) is 4.62. The van der Waals surface area contributed by atoms with Gasteiger partial charge >= 0.3 is 0 Å². The molecule has 0 bridgehead atoms. The van der Waals surface area contributed by atoms with Crippen LogP contribution in [0.2, 0.25) is 5.02 Å². The number of halogens is 2. The van der Waals surface area contributed by atoms with E-state index in [1.807, 2.05) is 12.1 Å². The van der Waals surface area contributed by atoms with Gasteiger partial charge in [0.25, 0.3) is 0 Å². The van der Waals surface area contributed by atoms with Gasteiger partial charge in [0, 0.05) is 23.7 Å². The first-order valence-corrected chi connectivity index (χ1v) is 8.58. The maximum absolute atomic E-state index is 12.5. The second-order valence-electron chi connectivity index (χ2n) is 6.28. The Balaban J connectivity index is 0.00000208. The van der Waals surface area contributed by atoms with Gasteiger partial charge in [-0.15, -0.1) is 12.4 Å². The van der Waals surface area contributed by atoms with Crippen LogP contribution in [0.3, 0.4) is 0 Å². The predicted octanol–water partition coefficient (Wildman–Crippen LogP) is 2.37. The average Bonchev–Trinajstić information content (AvgIpc) is 3.16. The molecule has 2 aliphatic rings. The summed E-state index contributed by atoms with van der Waals surface area (Å²) in [5, 5.41) is 6.79. The molecule has 0 saturated carbocycles. The van der Waals surface area contributed by atoms with Gasteiger partial charge in [-0.3, -0.25) is 9.59 Å². The van der Waals surface area contributed by atoms with E-state index in [1.54, 1.807) is 17.0 Å². The summed E-state index contributed by atoms with van der Waals surface area (Å²) in [5.74, 6) is 0.509. The quantitative estimate of drug-likeness (QED) is 0.834. The lowest BCUT2D eigenvalue weighted by Gasteiger charge is -2.17. The lowest BCUT2D eigenvalue weighted by Crippen LogP contribution is -2.41. The number of hydrogen-bond acceptors (Lipinski definition) is 3. The Morgan fingerprint density at radius 1 is 1.38 bits per heavy atom. The van der Waals surface area contributed by atoms with Gasteiger partial charge in [-0.1, -0.05) is 17.7 Å². The Kier molecular flexibility index (Phi) is 6.90. The monoisotopic (exact) mass is 371 g/mol. The van der Waals surface area contributed by atoms with E-state index < -0.39 is 6.04 Å². The lowest BCUT2D eigenvalue weighted by molar-refractivity contribution is -0.126. The summed E-state index contributed by atoms with van der Waals surface area (Å²) >= 11 is 5.98. The zero-order chi connectivity index (χ0) is 16.2. The van der Waals surface area contributed by atoms with Gasteiger partial charge in [-0.25, -0.2) is 0 Å². The molecule has 2 N–H and O–H groups in total. The zero-order valence-electron chi connectivity index (χ0n) is 13.5. The standard InChI is InChI=1S/C17H22ClN3O2.ClH/c18-13-2-1-3-14(10-13)21-9-7-15(17(21)23)20-16(22)5-4-12-6-8-19-11-12;/h1-3,10,12,15,19H,4-9,11H2,(H,20,22);1H. The summed E-state index contributed by atoms with van der Waals surface area (Å²) in [7, 11) is 0. The molecule has 132 valence electrons. The van der Waals surface area contributed by atoms with Gasteiger partial charge in [0.2, 0.25) is 11.8 Å². The van der Waals surface area contributed by atoms with E-state index in [0.29, 0.717) is 30.3 Å². The van der Waals surface area contributed by atoms with E-state index in [-0.39, 0.29) is 24.2 Å². The Morgan fingerprint density at radius 2 is 2.21 bits per heavy atom. The molecular weight excluding hydrogens is 349 g/mol. The molecule has 1 aromatic carbocycles. The summed E-state index contributed by atoms with van der Waals surface area (Å²) in [5.41, 5.74) is 0.788. The third-order valence-electron chi connectivity index (χ3n) is 4.60. The van der Waals surface area contributed by atoms with Crippen molar-refractivity contribution < 1.29 is 9.59 Å². The number of benzene rings is 1. The highest BCUT2D eigenvalue weighted by Gasteiger charge is 2.33. The van der Waals surface area contributed by atoms with E-state index in [2.05, 4.69) is 10.6 Å². The zero-order valence-corrected chi connectivity index (χ0v) is 15.0. The van der Waals surface area contributed by atoms with Crippen molar-refractivity contribution in [1.82, 2.24) is 10.6 Å². The molecule has 2 fully saturated rings. The first kappa shape index (κ1) is 19.0. The van der Waals surface area contributed by atoms with Gasteiger partial charge in [-0.05, 0) is 56.5 Å². The van der Waals surface area contributed by atoms with Gasteiger partial charge in [-0.2, -0.15) is 0 Å². The summed E-state index contributed by atoms with van der Waals surface area (Å²) in [6.45, 7) is 2.65. The Bertz CT molecular complexity index is 591. The molecule has 24 heavy (non-hydrogen) atoms. The topological polar surface area (TPSA) is 61.4 Å². The van der Waals surface area contributed by atoms with Crippen molar-refractivity contribution in [3.63, 3.8) is 0 Å². The molecule has 2 unspecified atom stereocenters. The number of nitrogens with zero attached hydrogens (tertiary/aromatic N) is 1.